The highest BCUT2D eigenvalue weighted by atomic mass is 35.5. The molecule has 2 aliphatic heterocycles. The molecule has 4 amide bonds. The van der Waals surface area contributed by atoms with Crippen LogP contribution in [0.5, 0.6) is 11.5 Å². The van der Waals surface area contributed by atoms with Gasteiger partial charge in [0.1, 0.15) is 5.75 Å². The molecule has 0 aromatic heterocycles. The first-order valence-electron chi connectivity index (χ1n) is 17.0. The van der Waals surface area contributed by atoms with Crippen LogP contribution >= 0.6 is 23.2 Å². The number of hydrogen-bond donors (Lipinski definition) is 3. The van der Waals surface area contributed by atoms with Crippen molar-refractivity contribution in [3.05, 3.63) is 129 Å². The minimum absolute atomic E-state index is 0.0144. The number of ether oxygens (including phenoxy) is 1. The Morgan fingerprint density at radius 2 is 1.67 bits per heavy atom. The molecular formula is C40H30Cl2FN3O8. The molecule has 2 saturated heterocycles. The fourth-order valence-electron chi connectivity index (χ4n) is 8.99. The van der Waals surface area contributed by atoms with Crippen LogP contribution in [-0.4, -0.2) is 51.9 Å². The topological polar surface area (TPSA) is 154 Å². The predicted molar refractivity (Wildman–Crippen MR) is 195 cm³/mol. The average molecular weight is 771 g/mol. The first-order chi connectivity index (χ1) is 25.9. The van der Waals surface area contributed by atoms with E-state index in [4.69, 9.17) is 27.9 Å². The largest absolute Gasteiger partial charge is 0.505 e. The zero-order valence-corrected chi connectivity index (χ0v) is 29.8. The molecule has 2 aliphatic carbocycles. The normalized spacial score (nSPS) is 25.9. The first-order valence-corrected chi connectivity index (χ1v) is 17.8. The lowest BCUT2D eigenvalue weighted by atomic mass is 9.49. The highest BCUT2D eigenvalue weighted by Crippen LogP contribution is 2.65. The van der Waals surface area contributed by atoms with Crippen molar-refractivity contribution in [1.82, 2.24) is 5.01 Å². The maximum absolute atomic E-state index is 15.4. The molecule has 14 heteroatoms. The zero-order valence-electron chi connectivity index (χ0n) is 28.3. The van der Waals surface area contributed by atoms with E-state index in [1.54, 1.807) is 30.3 Å². The number of carboxylic acids is 1. The molecule has 3 fully saturated rings. The molecule has 2 heterocycles. The van der Waals surface area contributed by atoms with Crippen molar-refractivity contribution < 1.29 is 43.3 Å². The number of aromatic carboxylic acids is 1. The van der Waals surface area contributed by atoms with Crippen LogP contribution in [0.3, 0.4) is 0 Å². The van der Waals surface area contributed by atoms with Crippen LogP contribution in [0, 0.1) is 29.5 Å². The number of methoxy groups -OCH3 is 1. The number of amides is 4. The van der Waals surface area contributed by atoms with Gasteiger partial charge in [0.05, 0.1) is 52.2 Å². The third-order valence-electron chi connectivity index (χ3n) is 11.3. The molecule has 8 rings (SSSR count). The average Bonchev–Trinajstić information content (AvgIpc) is 3.54. The van der Waals surface area contributed by atoms with Gasteiger partial charge in [-0.05, 0) is 78.9 Å². The number of halogens is 3. The fraction of sp³-hybridized carbons (Fsp3) is 0.225. The molecule has 0 bridgehead atoms. The number of carboxylic acid groups (broad SMARTS) is 1. The van der Waals surface area contributed by atoms with Gasteiger partial charge in [0, 0.05) is 16.5 Å². The Hall–Kier alpha value is -5.72. The number of phenolic OH excluding ortho intramolecular Hbond substituents is 1. The predicted octanol–water partition coefficient (Wildman–Crippen LogP) is 6.73. The van der Waals surface area contributed by atoms with Gasteiger partial charge in [-0.1, -0.05) is 65.2 Å². The van der Waals surface area contributed by atoms with Crippen LogP contribution in [0.15, 0.2) is 96.6 Å². The Morgan fingerprint density at radius 3 is 2.37 bits per heavy atom. The highest BCUT2D eigenvalue weighted by Gasteiger charge is 2.70. The summed E-state index contributed by atoms with van der Waals surface area (Å²) in [4.78, 5) is 71.4. The van der Waals surface area contributed by atoms with Gasteiger partial charge in [-0.2, -0.15) is 5.01 Å². The van der Waals surface area contributed by atoms with E-state index in [0.29, 0.717) is 21.9 Å². The second-order valence-corrected chi connectivity index (χ2v) is 14.6. The standard InChI is InChI=1S/C40H30Cl2FN3O8/c1-54-23-11-8-20(9-12-23)40-28(36(49)46(39(40)53)44-31-15-10-21(41)17-29(31)42)18-27-24(33(40)26-6-3-7-30(43)34(26)47)13-14-25-32(27)37(50)45(35(25)48)22-5-2-4-19(16-22)38(51)52/h2-13,15-17,25,27-28,32-33,44,47H,14,18H2,1H3,(H,51,52). The Morgan fingerprint density at radius 1 is 0.926 bits per heavy atom. The van der Waals surface area contributed by atoms with Crippen molar-refractivity contribution in [1.29, 1.82) is 0 Å². The van der Waals surface area contributed by atoms with Crippen molar-refractivity contribution in [3.63, 3.8) is 0 Å². The summed E-state index contributed by atoms with van der Waals surface area (Å²) in [5, 5.41) is 22.3. The summed E-state index contributed by atoms with van der Waals surface area (Å²) in [7, 11) is 1.48. The number of benzene rings is 4. The summed E-state index contributed by atoms with van der Waals surface area (Å²) in [6, 6.07) is 20.5. The van der Waals surface area contributed by atoms with Crippen LogP contribution in [-0.2, 0) is 24.6 Å². The van der Waals surface area contributed by atoms with Gasteiger partial charge in [0.25, 0.3) is 11.8 Å². The van der Waals surface area contributed by atoms with Gasteiger partial charge in [-0.25, -0.2) is 9.18 Å². The number of carbonyl (C=O) groups excluding carboxylic acids is 4. The van der Waals surface area contributed by atoms with Crippen molar-refractivity contribution in [2.75, 3.05) is 17.4 Å². The van der Waals surface area contributed by atoms with Crippen LogP contribution in [0.25, 0.3) is 0 Å². The van der Waals surface area contributed by atoms with Crippen LogP contribution in [0.1, 0.15) is 40.2 Å². The number of para-hydroxylation sites is 1. The van der Waals surface area contributed by atoms with E-state index in [-0.39, 0.29) is 40.4 Å². The second-order valence-electron chi connectivity index (χ2n) is 13.8. The van der Waals surface area contributed by atoms with Gasteiger partial charge in [0.15, 0.2) is 11.6 Å². The Kier molecular flexibility index (Phi) is 8.50. The number of nitrogens with zero attached hydrogens (tertiary/aromatic N) is 2. The number of nitrogens with one attached hydrogen (secondary N) is 1. The van der Waals surface area contributed by atoms with E-state index in [0.717, 1.165) is 16.0 Å². The summed E-state index contributed by atoms with van der Waals surface area (Å²) < 4.78 is 20.8. The number of rotatable bonds is 7. The smallest absolute Gasteiger partial charge is 0.335 e. The lowest BCUT2D eigenvalue weighted by Crippen LogP contribution is -2.53. The van der Waals surface area contributed by atoms with Gasteiger partial charge >= 0.3 is 5.97 Å². The van der Waals surface area contributed by atoms with Crippen molar-refractivity contribution in [2.45, 2.75) is 24.2 Å². The molecule has 6 atom stereocenters. The summed E-state index contributed by atoms with van der Waals surface area (Å²) >= 11 is 12.6. The molecule has 274 valence electrons. The second kappa shape index (κ2) is 13.0. The van der Waals surface area contributed by atoms with Crippen LogP contribution in [0.4, 0.5) is 15.8 Å². The van der Waals surface area contributed by atoms with Crippen molar-refractivity contribution >= 4 is 64.2 Å². The quantitative estimate of drug-likeness (QED) is 0.137. The van der Waals surface area contributed by atoms with E-state index >= 15 is 9.18 Å². The Bertz CT molecular complexity index is 2330. The number of anilines is 2. The number of carbonyl (C=O) groups is 5. The van der Waals surface area contributed by atoms with E-state index in [9.17, 15) is 29.4 Å². The summed E-state index contributed by atoms with van der Waals surface area (Å²) in [5.41, 5.74) is 2.11. The molecule has 4 aliphatic rings. The number of phenols is 1. The third-order valence-corrected chi connectivity index (χ3v) is 11.8. The summed E-state index contributed by atoms with van der Waals surface area (Å²) in [6.07, 6.45) is 1.73. The Labute approximate surface area is 317 Å². The monoisotopic (exact) mass is 769 g/mol. The number of hydrogen-bond acceptors (Lipinski definition) is 8. The number of fused-ring (bicyclic) bond motifs is 4. The summed E-state index contributed by atoms with van der Waals surface area (Å²) in [6.45, 7) is 0. The minimum atomic E-state index is -1.81. The van der Waals surface area contributed by atoms with Gasteiger partial charge in [-0.15, -0.1) is 0 Å². The van der Waals surface area contributed by atoms with E-state index in [2.05, 4.69) is 5.43 Å². The van der Waals surface area contributed by atoms with Crippen LogP contribution in [0.2, 0.25) is 10.0 Å². The molecular weight excluding hydrogens is 740 g/mol. The molecule has 0 radical (unpaired) electrons. The molecule has 54 heavy (non-hydrogen) atoms. The van der Waals surface area contributed by atoms with Crippen LogP contribution < -0.4 is 15.1 Å². The maximum atomic E-state index is 15.4. The first kappa shape index (κ1) is 35.3. The molecule has 11 nitrogen and oxygen atoms in total. The summed E-state index contributed by atoms with van der Waals surface area (Å²) in [5.74, 6) is -10.1. The third kappa shape index (κ3) is 5.11. The van der Waals surface area contributed by atoms with E-state index in [1.807, 2.05) is 0 Å². The molecule has 0 spiro atoms. The highest BCUT2D eigenvalue weighted by molar-refractivity contribution is 6.36. The van der Waals surface area contributed by atoms with Gasteiger partial charge in [-0.3, -0.25) is 29.5 Å². The van der Waals surface area contributed by atoms with E-state index in [1.165, 1.54) is 61.7 Å². The van der Waals surface area contributed by atoms with Gasteiger partial charge < -0.3 is 14.9 Å². The van der Waals surface area contributed by atoms with Crippen molar-refractivity contribution in [2.24, 2.45) is 23.7 Å². The molecule has 4 aromatic rings. The lowest BCUT2D eigenvalue weighted by Gasteiger charge is -2.50. The number of allylic oxidation sites excluding steroid dienone is 2. The fourth-order valence-corrected chi connectivity index (χ4v) is 9.44. The van der Waals surface area contributed by atoms with Gasteiger partial charge in [0.2, 0.25) is 11.8 Å². The zero-order chi connectivity index (χ0) is 38.2. The number of hydrazine groups is 1. The molecule has 6 unspecified atom stereocenters. The Balaban J connectivity index is 1.33. The SMILES string of the molecule is COc1ccc(C23C(=O)N(Nc4ccc(Cl)cc4Cl)C(=O)C2CC2C(=CCC4C(=O)N(c5cccc(C(=O)O)c5)C(=O)C42)C3c2cccc(F)c2O)cc1. The lowest BCUT2D eigenvalue weighted by molar-refractivity contribution is -0.138. The molecule has 3 N–H and O–H groups in total. The molecule has 1 saturated carbocycles. The minimum Gasteiger partial charge on any atom is -0.505 e. The number of imide groups is 2. The van der Waals surface area contributed by atoms with Crippen molar-refractivity contribution in [3.8, 4) is 11.5 Å². The number of aromatic hydroxyl groups is 1. The maximum Gasteiger partial charge on any atom is 0.335 e. The molecule has 4 aromatic carbocycles. The van der Waals surface area contributed by atoms with E-state index < -0.39 is 76.2 Å².